The number of ether oxygens (including phenoxy) is 1. The average Bonchev–Trinajstić information content (AvgIpc) is 2.73. The number of fused-ring (bicyclic) bond motifs is 1. The van der Waals surface area contributed by atoms with E-state index < -0.39 is 13.0 Å². The van der Waals surface area contributed by atoms with Gasteiger partial charge in [-0.25, -0.2) is 18.2 Å². The number of imidazole rings is 1. The van der Waals surface area contributed by atoms with Gasteiger partial charge in [-0.3, -0.25) is 0 Å². The third-order valence-electron chi connectivity index (χ3n) is 3.12. The first-order valence-corrected chi connectivity index (χ1v) is 7.00. The lowest BCUT2D eigenvalue weighted by Gasteiger charge is -2.11. The third kappa shape index (κ3) is 3.68. The normalized spacial score (nSPS) is 13.3. The van der Waals surface area contributed by atoms with E-state index >= 15 is 0 Å². The van der Waals surface area contributed by atoms with Crippen molar-refractivity contribution in [2.24, 2.45) is 0 Å². The molecular weight excluding hydrogens is 305 g/mol. The Hall–Kier alpha value is -1.27. The van der Waals surface area contributed by atoms with Gasteiger partial charge in [0.25, 0.3) is 6.43 Å². The monoisotopic (exact) mass is 320 g/mol. The summed E-state index contributed by atoms with van der Waals surface area (Å²) in [6.07, 6.45) is -2.49. The van der Waals surface area contributed by atoms with E-state index in [0.717, 1.165) is 5.52 Å². The number of halogens is 4. The van der Waals surface area contributed by atoms with Crippen LogP contribution in [-0.4, -0.2) is 29.2 Å². The largest absolute Gasteiger partial charge is 0.374 e. The molecule has 7 heteroatoms. The number of hydrogen-bond acceptors (Lipinski definition) is 2. The van der Waals surface area contributed by atoms with Gasteiger partial charge in [-0.2, -0.15) is 0 Å². The molecule has 1 aromatic heterocycles. The Morgan fingerprint density at radius 3 is 2.71 bits per heavy atom. The summed E-state index contributed by atoms with van der Waals surface area (Å²) < 4.78 is 44.4. The van der Waals surface area contributed by atoms with Gasteiger partial charge in [-0.1, -0.05) is 0 Å². The number of benzene rings is 1. The molecule has 0 aliphatic rings. The molecule has 1 heterocycles. The van der Waals surface area contributed by atoms with Crippen LogP contribution >= 0.6 is 11.6 Å². The highest BCUT2D eigenvalue weighted by Crippen LogP contribution is 2.26. The number of nitrogens with zero attached hydrogens (tertiary/aromatic N) is 2. The van der Waals surface area contributed by atoms with Gasteiger partial charge in [0.05, 0.1) is 23.0 Å². The van der Waals surface area contributed by atoms with Gasteiger partial charge < -0.3 is 9.30 Å². The van der Waals surface area contributed by atoms with Crippen molar-refractivity contribution in [2.45, 2.75) is 32.2 Å². The van der Waals surface area contributed by atoms with Gasteiger partial charge in [0.2, 0.25) is 0 Å². The van der Waals surface area contributed by atoms with E-state index in [1.54, 1.807) is 24.5 Å². The van der Waals surface area contributed by atoms with Crippen LogP contribution < -0.4 is 0 Å². The maximum Gasteiger partial charge on any atom is 0.261 e. The van der Waals surface area contributed by atoms with Crippen molar-refractivity contribution in [1.82, 2.24) is 9.55 Å². The van der Waals surface area contributed by atoms with Crippen molar-refractivity contribution in [2.75, 3.05) is 13.2 Å². The quantitative estimate of drug-likeness (QED) is 0.592. The second-order valence-corrected chi connectivity index (χ2v) is 5.45. The fraction of sp³-hybridized carbons (Fsp3) is 0.500. The molecule has 0 saturated heterocycles. The Balaban J connectivity index is 2.30. The van der Waals surface area contributed by atoms with Crippen LogP contribution in [0.1, 0.15) is 23.7 Å². The Morgan fingerprint density at radius 2 is 2.10 bits per heavy atom. The molecule has 21 heavy (non-hydrogen) atoms. The minimum absolute atomic E-state index is 0.114. The van der Waals surface area contributed by atoms with E-state index in [1.165, 1.54) is 6.07 Å². The van der Waals surface area contributed by atoms with Crippen molar-refractivity contribution >= 4 is 22.6 Å². The first-order valence-electron chi connectivity index (χ1n) is 6.56. The summed E-state index contributed by atoms with van der Waals surface area (Å²) in [7, 11) is 0. The van der Waals surface area contributed by atoms with E-state index in [0.29, 0.717) is 23.4 Å². The molecule has 0 bridgehead atoms. The Labute approximate surface area is 125 Å². The molecule has 0 fully saturated rings. The summed E-state index contributed by atoms with van der Waals surface area (Å²) in [4.78, 5) is 4.32. The van der Waals surface area contributed by atoms with E-state index in [9.17, 15) is 13.2 Å². The predicted octanol–water partition coefficient (Wildman–Crippen LogP) is 4.07. The molecule has 3 nitrogen and oxygen atoms in total. The predicted molar refractivity (Wildman–Crippen MR) is 75.5 cm³/mol. The van der Waals surface area contributed by atoms with Gasteiger partial charge >= 0.3 is 0 Å². The van der Waals surface area contributed by atoms with Crippen LogP contribution in [0.4, 0.5) is 13.2 Å². The summed E-state index contributed by atoms with van der Waals surface area (Å²) in [5.41, 5.74) is 1.71. The summed E-state index contributed by atoms with van der Waals surface area (Å²) in [5.74, 6) is 0.229. The molecule has 0 saturated carbocycles. The molecule has 116 valence electrons. The summed E-state index contributed by atoms with van der Waals surface area (Å²) in [5, 5.41) is -0.379. The molecule has 0 radical (unpaired) electrons. The van der Waals surface area contributed by atoms with Gasteiger partial charge in [0.15, 0.2) is 0 Å². The zero-order chi connectivity index (χ0) is 15.6. The maximum absolute atomic E-state index is 13.6. The van der Waals surface area contributed by atoms with Gasteiger partial charge in [0, 0.05) is 12.6 Å². The minimum Gasteiger partial charge on any atom is -0.374 e. The minimum atomic E-state index is -2.49. The molecular formula is C14H16ClF3N2O. The first kappa shape index (κ1) is 16.1. The van der Waals surface area contributed by atoms with Crippen LogP contribution in [0.15, 0.2) is 12.1 Å². The molecule has 0 N–H and O–H groups in total. The van der Waals surface area contributed by atoms with Crippen molar-refractivity contribution in [3.8, 4) is 0 Å². The van der Waals surface area contributed by atoms with Crippen molar-refractivity contribution in [1.29, 1.82) is 0 Å². The number of aromatic nitrogens is 2. The molecule has 0 amide bonds. The molecule has 0 aliphatic carbocycles. The lowest BCUT2D eigenvalue weighted by Crippen LogP contribution is -2.13. The van der Waals surface area contributed by atoms with Crippen LogP contribution in [0.2, 0.25) is 0 Å². The molecule has 0 spiro atoms. The lowest BCUT2D eigenvalue weighted by atomic mass is 10.2. The second kappa shape index (κ2) is 6.66. The Kier molecular flexibility index (Phi) is 5.11. The van der Waals surface area contributed by atoms with Crippen LogP contribution in [-0.2, 0) is 11.3 Å². The third-order valence-corrected chi connectivity index (χ3v) is 3.31. The maximum atomic E-state index is 13.6. The average molecular weight is 321 g/mol. The molecule has 2 aromatic rings. The Morgan fingerprint density at radius 1 is 1.38 bits per heavy atom. The zero-order valence-corrected chi connectivity index (χ0v) is 12.5. The number of hydrogen-bond donors (Lipinski definition) is 0. The molecule has 1 aromatic carbocycles. The van der Waals surface area contributed by atoms with Crippen molar-refractivity contribution in [3.63, 3.8) is 0 Å². The fourth-order valence-electron chi connectivity index (χ4n) is 2.14. The van der Waals surface area contributed by atoms with Crippen LogP contribution in [0, 0.1) is 12.7 Å². The smallest absolute Gasteiger partial charge is 0.261 e. The van der Waals surface area contributed by atoms with E-state index in [1.807, 2.05) is 0 Å². The molecule has 1 atom stereocenters. The SMILES string of the molecule is Cc1cc2c(cc1F)nc(C(C)Cl)n2CCOCC(F)F. The second-order valence-electron chi connectivity index (χ2n) is 4.79. The van der Waals surface area contributed by atoms with Crippen LogP contribution in [0.25, 0.3) is 11.0 Å². The summed E-state index contributed by atoms with van der Waals surface area (Å²) >= 11 is 6.08. The van der Waals surface area contributed by atoms with Crippen molar-refractivity contribution in [3.05, 3.63) is 29.3 Å². The van der Waals surface area contributed by atoms with Crippen molar-refractivity contribution < 1.29 is 17.9 Å². The number of alkyl halides is 3. The summed E-state index contributed by atoms with van der Waals surface area (Å²) in [6, 6.07) is 3.03. The van der Waals surface area contributed by atoms with Crippen LogP contribution in [0.5, 0.6) is 0 Å². The highest BCUT2D eigenvalue weighted by Gasteiger charge is 2.16. The topological polar surface area (TPSA) is 27.1 Å². The lowest BCUT2D eigenvalue weighted by molar-refractivity contribution is 0.0148. The standard InChI is InChI=1S/C14H16ClF3N2O/c1-8-5-12-11(6-10(8)16)19-14(9(2)15)20(12)3-4-21-7-13(17)18/h5-6,9,13H,3-4,7H2,1-2H3. The Bertz CT molecular complexity index is 628. The molecule has 1 unspecified atom stereocenters. The molecule has 2 rings (SSSR count). The number of rotatable bonds is 6. The molecule has 0 aliphatic heterocycles. The fourth-order valence-corrected chi connectivity index (χ4v) is 2.30. The first-order chi connectivity index (χ1) is 9.90. The summed E-state index contributed by atoms with van der Waals surface area (Å²) in [6.45, 7) is 3.25. The van der Waals surface area contributed by atoms with Gasteiger partial charge in [-0.05, 0) is 25.5 Å². The van der Waals surface area contributed by atoms with Gasteiger partial charge in [0.1, 0.15) is 18.2 Å². The number of aryl methyl sites for hydroxylation is 1. The van der Waals surface area contributed by atoms with E-state index in [2.05, 4.69) is 4.98 Å². The van der Waals surface area contributed by atoms with E-state index in [4.69, 9.17) is 16.3 Å². The highest BCUT2D eigenvalue weighted by molar-refractivity contribution is 6.20. The van der Waals surface area contributed by atoms with Gasteiger partial charge in [-0.15, -0.1) is 11.6 Å². The van der Waals surface area contributed by atoms with E-state index in [-0.39, 0.29) is 17.8 Å². The van der Waals surface area contributed by atoms with Crippen LogP contribution in [0.3, 0.4) is 0 Å². The zero-order valence-electron chi connectivity index (χ0n) is 11.7. The highest BCUT2D eigenvalue weighted by atomic mass is 35.5.